The van der Waals surface area contributed by atoms with Gasteiger partial charge in [0.25, 0.3) is 0 Å². The zero-order chi connectivity index (χ0) is 13.5. The molecule has 96 valence electrons. The molecule has 0 saturated carbocycles. The summed E-state index contributed by atoms with van der Waals surface area (Å²) >= 11 is 0. The number of benzene rings is 2. The fourth-order valence-corrected chi connectivity index (χ4v) is 1.90. The van der Waals surface area contributed by atoms with Gasteiger partial charge in [-0.1, -0.05) is 30.3 Å². The maximum Gasteiger partial charge on any atom is 0.123 e. The van der Waals surface area contributed by atoms with Gasteiger partial charge in [-0.25, -0.2) is 0 Å². The highest BCUT2D eigenvalue weighted by Gasteiger charge is 2.03. The first kappa shape index (κ1) is 13.1. The Morgan fingerprint density at radius 3 is 2.74 bits per heavy atom. The molecule has 0 radical (unpaired) electrons. The summed E-state index contributed by atoms with van der Waals surface area (Å²) in [5.74, 6) is 0.857. The fraction of sp³-hybridized carbons (Fsp3) is 0.188. The highest BCUT2D eigenvalue weighted by Crippen LogP contribution is 2.19. The summed E-state index contributed by atoms with van der Waals surface area (Å²) in [7, 11) is 0. The quantitative estimate of drug-likeness (QED) is 0.890. The van der Waals surface area contributed by atoms with Gasteiger partial charge in [-0.05, 0) is 42.3 Å². The van der Waals surface area contributed by atoms with Crippen LogP contribution in [0.15, 0.2) is 48.5 Å². The van der Waals surface area contributed by atoms with E-state index in [1.165, 1.54) is 0 Å². The lowest BCUT2D eigenvalue weighted by Gasteiger charge is -2.11. The SMILES string of the molecule is N#Cc1cccc(COc2ccccc2CCN)c1. The van der Waals surface area contributed by atoms with Crippen molar-refractivity contribution in [2.45, 2.75) is 13.0 Å². The van der Waals surface area contributed by atoms with Gasteiger partial charge in [0.05, 0.1) is 11.6 Å². The largest absolute Gasteiger partial charge is 0.489 e. The van der Waals surface area contributed by atoms with Gasteiger partial charge < -0.3 is 10.5 Å². The zero-order valence-corrected chi connectivity index (χ0v) is 10.7. The van der Waals surface area contributed by atoms with E-state index in [1.54, 1.807) is 6.07 Å². The Balaban J connectivity index is 2.08. The Kier molecular flexibility index (Phi) is 4.54. The highest BCUT2D eigenvalue weighted by atomic mass is 16.5. The van der Waals surface area contributed by atoms with Crippen molar-refractivity contribution >= 4 is 0 Å². The van der Waals surface area contributed by atoms with Crippen LogP contribution in [0.25, 0.3) is 0 Å². The Labute approximate surface area is 113 Å². The number of nitriles is 1. The summed E-state index contributed by atoms with van der Waals surface area (Å²) in [6.45, 7) is 1.06. The van der Waals surface area contributed by atoms with Gasteiger partial charge in [-0.2, -0.15) is 5.26 Å². The van der Waals surface area contributed by atoms with E-state index in [-0.39, 0.29) is 0 Å². The molecule has 0 aliphatic heterocycles. The van der Waals surface area contributed by atoms with Crippen LogP contribution in [0.1, 0.15) is 16.7 Å². The zero-order valence-electron chi connectivity index (χ0n) is 10.7. The number of para-hydroxylation sites is 1. The molecule has 0 aliphatic rings. The molecule has 0 heterocycles. The number of nitrogens with two attached hydrogens (primary N) is 1. The van der Waals surface area contributed by atoms with E-state index in [9.17, 15) is 0 Å². The van der Waals surface area contributed by atoms with Gasteiger partial charge in [0.1, 0.15) is 12.4 Å². The number of ether oxygens (including phenoxy) is 1. The molecule has 3 heteroatoms. The van der Waals surface area contributed by atoms with Gasteiger partial charge >= 0.3 is 0 Å². The third kappa shape index (κ3) is 3.57. The van der Waals surface area contributed by atoms with E-state index in [0.29, 0.717) is 18.7 Å². The summed E-state index contributed by atoms with van der Waals surface area (Å²) in [5.41, 5.74) is 8.33. The van der Waals surface area contributed by atoms with Crippen LogP contribution in [0.2, 0.25) is 0 Å². The number of nitrogens with zero attached hydrogens (tertiary/aromatic N) is 1. The molecule has 2 aromatic carbocycles. The molecule has 2 N–H and O–H groups in total. The van der Waals surface area contributed by atoms with Gasteiger partial charge in [-0.15, -0.1) is 0 Å². The fourth-order valence-electron chi connectivity index (χ4n) is 1.90. The molecule has 0 bridgehead atoms. The van der Waals surface area contributed by atoms with Crippen LogP contribution in [-0.2, 0) is 13.0 Å². The van der Waals surface area contributed by atoms with E-state index in [4.69, 9.17) is 15.7 Å². The van der Waals surface area contributed by atoms with Crippen molar-refractivity contribution in [3.8, 4) is 11.8 Å². The van der Waals surface area contributed by atoms with Crippen molar-refractivity contribution in [3.05, 3.63) is 65.2 Å². The molecule has 0 spiro atoms. The van der Waals surface area contributed by atoms with Crippen molar-refractivity contribution in [2.24, 2.45) is 5.73 Å². The minimum atomic E-state index is 0.455. The predicted octanol–water partition coefficient (Wildman–Crippen LogP) is 2.64. The van der Waals surface area contributed by atoms with Crippen LogP contribution in [0, 0.1) is 11.3 Å². The molecule has 0 amide bonds. The molecule has 3 nitrogen and oxygen atoms in total. The van der Waals surface area contributed by atoms with Crippen molar-refractivity contribution in [1.29, 1.82) is 5.26 Å². The average Bonchev–Trinajstić information content (AvgIpc) is 2.47. The number of hydrogen-bond donors (Lipinski definition) is 1. The Morgan fingerprint density at radius 2 is 1.95 bits per heavy atom. The van der Waals surface area contributed by atoms with Gasteiger partial charge in [0.15, 0.2) is 0 Å². The van der Waals surface area contributed by atoms with E-state index in [1.807, 2.05) is 42.5 Å². The van der Waals surface area contributed by atoms with Crippen molar-refractivity contribution in [2.75, 3.05) is 6.54 Å². The van der Waals surface area contributed by atoms with Gasteiger partial charge in [0, 0.05) is 0 Å². The van der Waals surface area contributed by atoms with Gasteiger partial charge in [-0.3, -0.25) is 0 Å². The molecule has 0 aromatic heterocycles. The first-order valence-corrected chi connectivity index (χ1v) is 6.23. The maximum atomic E-state index is 8.86. The highest BCUT2D eigenvalue weighted by molar-refractivity contribution is 5.35. The summed E-state index contributed by atoms with van der Waals surface area (Å²) in [6, 6.07) is 17.5. The smallest absolute Gasteiger partial charge is 0.123 e. The molecule has 0 saturated heterocycles. The minimum Gasteiger partial charge on any atom is -0.489 e. The lowest BCUT2D eigenvalue weighted by atomic mass is 10.1. The first-order valence-electron chi connectivity index (χ1n) is 6.23. The summed E-state index contributed by atoms with van der Waals surface area (Å²) in [5, 5.41) is 8.86. The molecule has 19 heavy (non-hydrogen) atoms. The Hall–Kier alpha value is -2.31. The lowest BCUT2D eigenvalue weighted by molar-refractivity contribution is 0.303. The summed E-state index contributed by atoms with van der Waals surface area (Å²) in [4.78, 5) is 0. The van der Waals surface area contributed by atoms with E-state index >= 15 is 0 Å². The number of rotatable bonds is 5. The second-order valence-electron chi connectivity index (χ2n) is 4.25. The molecular formula is C16H16N2O. The second kappa shape index (κ2) is 6.58. The normalized spacial score (nSPS) is 9.89. The van der Waals surface area contributed by atoms with Crippen LogP contribution in [0.4, 0.5) is 0 Å². The Bertz CT molecular complexity index is 587. The third-order valence-corrected chi connectivity index (χ3v) is 2.84. The molecule has 0 fully saturated rings. The molecule has 0 unspecified atom stereocenters. The minimum absolute atomic E-state index is 0.455. The van der Waals surface area contributed by atoms with Gasteiger partial charge in [0.2, 0.25) is 0 Å². The topological polar surface area (TPSA) is 59.0 Å². The molecule has 0 aliphatic carbocycles. The van der Waals surface area contributed by atoms with Crippen LogP contribution < -0.4 is 10.5 Å². The van der Waals surface area contributed by atoms with Crippen LogP contribution >= 0.6 is 0 Å². The molecule has 0 atom stereocenters. The third-order valence-electron chi connectivity index (χ3n) is 2.84. The van der Waals surface area contributed by atoms with Crippen LogP contribution in [0.3, 0.4) is 0 Å². The standard InChI is InChI=1S/C16H16N2O/c17-9-8-15-6-1-2-7-16(15)19-12-14-5-3-4-13(10-14)11-18/h1-7,10H,8-9,12,17H2. The van der Waals surface area contributed by atoms with Crippen molar-refractivity contribution in [1.82, 2.24) is 0 Å². The molecule has 2 aromatic rings. The summed E-state index contributed by atoms with van der Waals surface area (Å²) < 4.78 is 5.81. The first-order chi connectivity index (χ1) is 9.33. The molecule has 2 rings (SSSR count). The van der Waals surface area contributed by atoms with Crippen LogP contribution in [0.5, 0.6) is 5.75 Å². The van der Waals surface area contributed by atoms with Crippen LogP contribution in [-0.4, -0.2) is 6.54 Å². The van der Waals surface area contributed by atoms with E-state index in [0.717, 1.165) is 23.3 Å². The van der Waals surface area contributed by atoms with Crippen molar-refractivity contribution in [3.63, 3.8) is 0 Å². The van der Waals surface area contributed by atoms with E-state index in [2.05, 4.69) is 6.07 Å². The van der Waals surface area contributed by atoms with Crippen molar-refractivity contribution < 1.29 is 4.74 Å². The summed E-state index contributed by atoms with van der Waals surface area (Å²) in [6.07, 6.45) is 0.800. The second-order valence-corrected chi connectivity index (χ2v) is 4.25. The van der Waals surface area contributed by atoms with E-state index < -0.39 is 0 Å². The predicted molar refractivity (Wildman–Crippen MR) is 74.7 cm³/mol. The monoisotopic (exact) mass is 252 g/mol. The maximum absolute atomic E-state index is 8.86. The Morgan fingerprint density at radius 1 is 1.11 bits per heavy atom. The number of hydrogen-bond acceptors (Lipinski definition) is 3. The average molecular weight is 252 g/mol. The lowest BCUT2D eigenvalue weighted by Crippen LogP contribution is -2.05. The molecular weight excluding hydrogens is 236 g/mol.